The maximum Gasteiger partial charge on any atom is 0.234 e. The Morgan fingerprint density at radius 1 is 1.53 bits per heavy atom. The van der Waals surface area contributed by atoms with E-state index in [1.807, 2.05) is 31.0 Å². The van der Waals surface area contributed by atoms with Crippen LogP contribution in [0.15, 0.2) is 18.3 Å². The molecule has 0 saturated heterocycles. The van der Waals surface area contributed by atoms with Crippen LogP contribution in [0.25, 0.3) is 0 Å². The van der Waals surface area contributed by atoms with E-state index in [1.165, 1.54) is 0 Å². The molecule has 19 heavy (non-hydrogen) atoms. The van der Waals surface area contributed by atoms with Crippen LogP contribution in [-0.4, -0.2) is 42.0 Å². The number of anilines is 1. The molecule has 0 spiro atoms. The number of hydrogen-bond acceptors (Lipinski definition) is 4. The first kappa shape index (κ1) is 13.8. The largest absolute Gasteiger partial charge is 0.370 e. The van der Waals surface area contributed by atoms with Gasteiger partial charge in [0.05, 0.1) is 6.54 Å². The highest BCUT2D eigenvalue weighted by Crippen LogP contribution is 2.18. The molecule has 1 aliphatic carbocycles. The Morgan fingerprint density at radius 2 is 2.32 bits per heavy atom. The van der Waals surface area contributed by atoms with E-state index < -0.39 is 0 Å². The quantitative estimate of drug-likeness (QED) is 0.776. The van der Waals surface area contributed by atoms with Crippen LogP contribution in [0.4, 0.5) is 5.82 Å². The fourth-order valence-electron chi connectivity index (χ4n) is 1.96. The van der Waals surface area contributed by atoms with Gasteiger partial charge in [-0.3, -0.25) is 9.69 Å². The number of rotatable bonds is 7. The first-order valence-electron chi connectivity index (χ1n) is 6.84. The molecule has 1 aromatic heterocycles. The lowest BCUT2D eigenvalue weighted by molar-refractivity contribution is -0.122. The molecular formula is C14H22N4O. The lowest BCUT2D eigenvalue weighted by Gasteiger charge is -2.16. The van der Waals surface area contributed by atoms with Crippen molar-refractivity contribution in [2.75, 3.05) is 25.5 Å². The number of likely N-dealkylation sites (N-methyl/N-ethyl adjacent to an activating group) is 1. The molecule has 2 N–H and O–H groups in total. The predicted molar refractivity (Wildman–Crippen MR) is 75.9 cm³/mol. The van der Waals surface area contributed by atoms with Crippen molar-refractivity contribution < 1.29 is 4.79 Å². The Labute approximate surface area is 114 Å². The lowest BCUT2D eigenvalue weighted by Crippen LogP contribution is -2.35. The number of amides is 1. The average Bonchev–Trinajstić information content (AvgIpc) is 3.13. The number of nitrogens with one attached hydrogen (secondary N) is 2. The summed E-state index contributed by atoms with van der Waals surface area (Å²) in [4.78, 5) is 17.9. The standard InChI is InChI=1S/C14H22N4O/c1-3-15-13-8-11(6-7-16-13)9-18(2)10-14(19)17-12-4-5-12/h6-8,12H,3-5,9-10H2,1-2H3,(H,15,16)(H,17,19). The number of carbonyl (C=O) groups is 1. The van der Waals surface area contributed by atoms with E-state index in [0.717, 1.165) is 37.3 Å². The van der Waals surface area contributed by atoms with Gasteiger partial charge in [-0.05, 0) is 44.5 Å². The number of hydrogen-bond donors (Lipinski definition) is 2. The highest BCUT2D eigenvalue weighted by Gasteiger charge is 2.23. The minimum Gasteiger partial charge on any atom is -0.370 e. The summed E-state index contributed by atoms with van der Waals surface area (Å²) in [6.07, 6.45) is 4.06. The molecule has 1 heterocycles. The van der Waals surface area contributed by atoms with Crippen LogP contribution >= 0.6 is 0 Å². The molecule has 0 bridgehead atoms. The zero-order valence-corrected chi connectivity index (χ0v) is 11.6. The number of carbonyl (C=O) groups excluding carboxylic acids is 1. The molecule has 0 unspecified atom stereocenters. The second-order valence-corrected chi connectivity index (χ2v) is 5.09. The minimum atomic E-state index is 0.117. The van der Waals surface area contributed by atoms with E-state index in [4.69, 9.17) is 0 Å². The van der Waals surface area contributed by atoms with Gasteiger partial charge in [0.25, 0.3) is 0 Å². The molecule has 0 aromatic carbocycles. The van der Waals surface area contributed by atoms with Gasteiger partial charge in [-0.15, -0.1) is 0 Å². The zero-order chi connectivity index (χ0) is 13.7. The van der Waals surface area contributed by atoms with Crippen molar-refractivity contribution in [3.63, 3.8) is 0 Å². The van der Waals surface area contributed by atoms with Crippen LogP contribution in [0.5, 0.6) is 0 Å². The summed E-state index contributed by atoms with van der Waals surface area (Å²) in [5.41, 5.74) is 1.16. The Kier molecular flexibility index (Phi) is 4.74. The monoisotopic (exact) mass is 262 g/mol. The van der Waals surface area contributed by atoms with Crippen molar-refractivity contribution in [3.05, 3.63) is 23.9 Å². The molecule has 0 aliphatic heterocycles. The third kappa shape index (κ3) is 4.87. The van der Waals surface area contributed by atoms with Gasteiger partial charge in [0.15, 0.2) is 0 Å². The molecule has 104 valence electrons. The van der Waals surface area contributed by atoms with E-state index in [1.54, 1.807) is 6.20 Å². The topological polar surface area (TPSA) is 57.3 Å². The van der Waals surface area contributed by atoms with Gasteiger partial charge in [-0.25, -0.2) is 4.98 Å². The normalized spacial score (nSPS) is 14.5. The van der Waals surface area contributed by atoms with Gasteiger partial charge in [-0.2, -0.15) is 0 Å². The number of aromatic nitrogens is 1. The number of nitrogens with zero attached hydrogens (tertiary/aromatic N) is 2. The summed E-state index contributed by atoms with van der Waals surface area (Å²) in [5.74, 6) is 1.00. The molecule has 1 aromatic rings. The fraction of sp³-hybridized carbons (Fsp3) is 0.571. The fourth-order valence-corrected chi connectivity index (χ4v) is 1.96. The smallest absolute Gasteiger partial charge is 0.234 e. The molecule has 1 saturated carbocycles. The molecule has 1 fully saturated rings. The van der Waals surface area contributed by atoms with E-state index >= 15 is 0 Å². The summed E-state index contributed by atoms with van der Waals surface area (Å²) in [7, 11) is 1.96. The Bertz CT molecular complexity index is 431. The number of pyridine rings is 1. The van der Waals surface area contributed by atoms with E-state index in [2.05, 4.69) is 15.6 Å². The van der Waals surface area contributed by atoms with Gasteiger partial charge in [0.1, 0.15) is 5.82 Å². The van der Waals surface area contributed by atoms with Crippen molar-refractivity contribution in [1.29, 1.82) is 0 Å². The Morgan fingerprint density at radius 3 is 3.00 bits per heavy atom. The molecule has 5 heteroatoms. The maximum atomic E-state index is 11.7. The summed E-state index contributed by atoms with van der Waals surface area (Å²) in [6.45, 7) is 4.09. The first-order valence-corrected chi connectivity index (χ1v) is 6.84. The second kappa shape index (κ2) is 6.52. The van der Waals surface area contributed by atoms with E-state index in [0.29, 0.717) is 12.6 Å². The maximum absolute atomic E-state index is 11.7. The summed E-state index contributed by atoms with van der Waals surface area (Å²) in [6, 6.07) is 4.44. The highest BCUT2D eigenvalue weighted by molar-refractivity contribution is 5.78. The Hall–Kier alpha value is -1.62. The highest BCUT2D eigenvalue weighted by atomic mass is 16.2. The SMILES string of the molecule is CCNc1cc(CN(C)CC(=O)NC2CC2)ccn1. The predicted octanol–water partition coefficient (Wildman–Crippen LogP) is 1.22. The molecular weight excluding hydrogens is 240 g/mol. The van der Waals surface area contributed by atoms with Crippen LogP contribution < -0.4 is 10.6 Å². The molecule has 0 radical (unpaired) electrons. The molecule has 1 amide bonds. The van der Waals surface area contributed by atoms with E-state index in [9.17, 15) is 4.79 Å². The van der Waals surface area contributed by atoms with Crippen molar-refractivity contribution >= 4 is 11.7 Å². The lowest BCUT2D eigenvalue weighted by atomic mass is 10.2. The average molecular weight is 262 g/mol. The van der Waals surface area contributed by atoms with Crippen molar-refractivity contribution in [2.24, 2.45) is 0 Å². The van der Waals surface area contributed by atoms with Crippen molar-refractivity contribution in [3.8, 4) is 0 Å². The summed E-state index contributed by atoms with van der Waals surface area (Å²) >= 11 is 0. The summed E-state index contributed by atoms with van der Waals surface area (Å²) < 4.78 is 0. The first-order chi connectivity index (χ1) is 9.17. The molecule has 0 atom stereocenters. The third-order valence-corrected chi connectivity index (χ3v) is 2.99. The summed E-state index contributed by atoms with van der Waals surface area (Å²) in [5, 5.41) is 6.18. The Balaban J connectivity index is 1.81. The van der Waals surface area contributed by atoms with Crippen LogP contribution in [0.1, 0.15) is 25.3 Å². The molecule has 1 aliphatic rings. The minimum absolute atomic E-state index is 0.117. The van der Waals surface area contributed by atoms with Gasteiger partial charge in [-0.1, -0.05) is 0 Å². The van der Waals surface area contributed by atoms with Crippen LogP contribution in [-0.2, 0) is 11.3 Å². The van der Waals surface area contributed by atoms with Crippen LogP contribution in [0.2, 0.25) is 0 Å². The van der Waals surface area contributed by atoms with Gasteiger partial charge in [0.2, 0.25) is 5.91 Å². The molecule has 2 rings (SSSR count). The van der Waals surface area contributed by atoms with E-state index in [-0.39, 0.29) is 5.91 Å². The van der Waals surface area contributed by atoms with Gasteiger partial charge in [0, 0.05) is 25.3 Å². The van der Waals surface area contributed by atoms with Gasteiger partial charge < -0.3 is 10.6 Å². The van der Waals surface area contributed by atoms with Crippen molar-refractivity contribution in [2.45, 2.75) is 32.4 Å². The van der Waals surface area contributed by atoms with Crippen LogP contribution in [0, 0.1) is 0 Å². The molecule has 5 nitrogen and oxygen atoms in total. The second-order valence-electron chi connectivity index (χ2n) is 5.09. The third-order valence-electron chi connectivity index (χ3n) is 2.99. The van der Waals surface area contributed by atoms with Crippen molar-refractivity contribution in [1.82, 2.24) is 15.2 Å². The van der Waals surface area contributed by atoms with Gasteiger partial charge >= 0.3 is 0 Å². The zero-order valence-electron chi connectivity index (χ0n) is 11.6. The van der Waals surface area contributed by atoms with Crippen LogP contribution in [0.3, 0.4) is 0 Å².